The highest BCUT2D eigenvalue weighted by Crippen LogP contribution is 2.23. The number of hydrogen-bond donors (Lipinski definition) is 3. The molecule has 0 saturated carbocycles. The van der Waals surface area contributed by atoms with Crippen LogP contribution in [0.4, 0.5) is 11.5 Å². The summed E-state index contributed by atoms with van der Waals surface area (Å²) in [6.07, 6.45) is 1.54. The lowest BCUT2D eigenvalue weighted by Crippen LogP contribution is -2.17. The third-order valence-corrected chi connectivity index (χ3v) is 1.70. The molecule has 0 unspecified atom stereocenters. The van der Waals surface area contributed by atoms with Crippen molar-refractivity contribution in [3.63, 3.8) is 0 Å². The molecule has 0 fully saturated rings. The van der Waals surface area contributed by atoms with Crippen molar-refractivity contribution in [2.75, 3.05) is 24.7 Å². The molecule has 0 spiro atoms. The van der Waals surface area contributed by atoms with Crippen LogP contribution in [0.5, 0.6) is 5.88 Å². The lowest BCUT2D eigenvalue weighted by Gasteiger charge is -2.08. The third-order valence-electron chi connectivity index (χ3n) is 1.70. The van der Waals surface area contributed by atoms with Crippen LogP contribution in [-0.4, -0.2) is 29.5 Å². The summed E-state index contributed by atoms with van der Waals surface area (Å²) >= 11 is 0. The number of rotatable bonds is 5. The fraction of sp³-hybridized carbons (Fsp3) is 0.375. The quantitative estimate of drug-likeness (QED) is 0.596. The van der Waals surface area contributed by atoms with Gasteiger partial charge in [-0.3, -0.25) is 4.79 Å². The zero-order valence-corrected chi connectivity index (χ0v) is 8.36. The maximum Gasteiger partial charge on any atom is 0.242 e. The van der Waals surface area contributed by atoms with Gasteiger partial charge in [-0.2, -0.15) is 4.98 Å². The lowest BCUT2D eigenvalue weighted by molar-refractivity contribution is -0.117. The molecular formula is C8H13N5O2. The van der Waals surface area contributed by atoms with E-state index in [0.717, 1.165) is 0 Å². The maximum atomic E-state index is 10.5. The Hall–Kier alpha value is -2.05. The predicted octanol–water partition coefficient (Wildman–Crippen LogP) is -0.645. The Morgan fingerprint density at radius 2 is 2.33 bits per heavy atom. The SMILES string of the molecule is COc1ncnc(NCCC(N)=O)c1N. The molecule has 82 valence electrons. The van der Waals surface area contributed by atoms with Crippen molar-refractivity contribution in [2.45, 2.75) is 6.42 Å². The summed E-state index contributed by atoms with van der Waals surface area (Å²) in [5, 5.41) is 2.86. The number of amides is 1. The molecule has 0 aliphatic rings. The van der Waals surface area contributed by atoms with Crippen molar-refractivity contribution in [1.29, 1.82) is 0 Å². The average molecular weight is 211 g/mol. The number of primary amides is 1. The maximum absolute atomic E-state index is 10.5. The first-order valence-electron chi connectivity index (χ1n) is 4.31. The van der Waals surface area contributed by atoms with Gasteiger partial charge in [-0.1, -0.05) is 0 Å². The Labute approximate surface area is 86.8 Å². The van der Waals surface area contributed by atoms with Gasteiger partial charge in [0.2, 0.25) is 11.8 Å². The first kappa shape index (κ1) is 11.0. The topological polar surface area (TPSA) is 116 Å². The van der Waals surface area contributed by atoms with Crippen molar-refractivity contribution < 1.29 is 9.53 Å². The second-order valence-electron chi connectivity index (χ2n) is 2.79. The van der Waals surface area contributed by atoms with Gasteiger partial charge < -0.3 is 21.5 Å². The fourth-order valence-electron chi connectivity index (χ4n) is 0.987. The summed E-state index contributed by atoms with van der Waals surface area (Å²) < 4.78 is 4.91. The van der Waals surface area contributed by atoms with Crippen molar-refractivity contribution in [2.24, 2.45) is 5.73 Å². The first-order valence-corrected chi connectivity index (χ1v) is 4.31. The lowest BCUT2D eigenvalue weighted by atomic mass is 10.4. The largest absolute Gasteiger partial charge is 0.479 e. The van der Waals surface area contributed by atoms with E-state index < -0.39 is 0 Å². The van der Waals surface area contributed by atoms with Gasteiger partial charge in [0.05, 0.1) is 7.11 Å². The minimum Gasteiger partial charge on any atom is -0.479 e. The molecule has 1 amide bonds. The minimum atomic E-state index is -0.387. The number of methoxy groups -OCH3 is 1. The Morgan fingerprint density at radius 1 is 1.60 bits per heavy atom. The molecule has 1 aromatic heterocycles. The molecule has 0 aliphatic heterocycles. The zero-order valence-electron chi connectivity index (χ0n) is 8.36. The minimum absolute atomic E-state index is 0.214. The van der Waals surface area contributed by atoms with Gasteiger partial charge in [0, 0.05) is 13.0 Å². The van der Waals surface area contributed by atoms with Crippen LogP contribution in [-0.2, 0) is 4.79 Å². The van der Waals surface area contributed by atoms with Crippen LogP contribution in [0.3, 0.4) is 0 Å². The van der Waals surface area contributed by atoms with Crippen LogP contribution in [0, 0.1) is 0 Å². The van der Waals surface area contributed by atoms with Crippen LogP contribution in [0.25, 0.3) is 0 Å². The van der Waals surface area contributed by atoms with Crippen molar-refractivity contribution in [3.8, 4) is 5.88 Å². The Bertz CT molecular complexity index is 355. The third kappa shape index (κ3) is 2.97. The Morgan fingerprint density at radius 3 is 2.93 bits per heavy atom. The molecule has 5 N–H and O–H groups in total. The summed E-state index contributed by atoms with van der Waals surface area (Å²) in [7, 11) is 1.46. The number of nitrogens with one attached hydrogen (secondary N) is 1. The molecule has 0 bridgehead atoms. The zero-order chi connectivity index (χ0) is 11.3. The van der Waals surface area contributed by atoms with Gasteiger partial charge >= 0.3 is 0 Å². The van der Waals surface area contributed by atoms with E-state index in [1.165, 1.54) is 13.4 Å². The molecule has 0 atom stereocenters. The van der Waals surface area contributed by atoms with Crippen LogP contribution >= 0.6 is 0 Å². The highest BCUT2D eigenvalue weighted by molar-refractivity contribution is 5.74. The molecule has 0 aliphatic carbocycles. The molecule has 1 heterocycles. The monoisotopic (exact) mass is 211 g/mol. The van der Waals surface area contributed by atoms with E-state index in [1.807, 2.05) is 0 Å². The fourth-order valence-corrected chi connectivity index (χ4v) is 0.987. The summed E-state index contributed by atoms with van der Waals surface area (Å²) in [5.74, 6) is 0.344. The second kappa shape index (κ2) is 4.99. The number of nitrogens with zero attached hydrogens (tertiary/aromatic N) is 2. The smallest absolute Gasteiger partial charge is 0.242 e. The van der Waals surface area contributed by atoms with Gasteiger partial charge in [-0.15, -0.1) is 0 Å². The van der Waals surface area contributed by atoms with Crippen molar-refractivity contribution >= 4 is 17.4 Å². The van der Waals surface area contributed by atoms with Gasteiger partial charge in [-0.05, 0) is 0 Å². The number of nitrogens with two attached hydrogens (primary N) is 2. The first-order chi connectivity index (χ1) is 7.15. The second-order valence-corrected chi connectivity index (χ2v) is 2.79. The van der Waals surface area contributed by atoms with Gasteiger partial charge in [0.15, 0.2) is 5.82 Å². The summed E-state index contributed by atoms with van der Waals surface area (Å²) in [6, 6.07) is 0. The van der Waals surface area contributed by atoms with E-state index >= 15 is 0 Å². The molecule has 7 heteroatoms. The summed E-state index contributed by atoms with van der Waals surface area (Å²) in [6.45, 7) is 0.375. The van der Waals surface area contributed by atoms with Gasteiger partial charge in [0.25, 0.3) is 0 Å². The molecular weight excluding hydrogens is 198 g/mol. The molecule has 0 radical (unpaired) electrons. The van der Waals surface area contributed by atoms with Crippen LogP contribution in [0.15, 0.2) is 6.33 Å². The van der Waals surface area contributed by atoms with Crippen molar-refractivity contribution in [3.05, 3.63) is 6.33 Å². The van der Waals surface area contributed by atoms with Gasteiger partial charge in [0.1, 0.15) is 12.0 Å². The number of hydrogen-bond acceptors (Lipinski definition) is 6. The van der Waals surface area contributed by atoms with Crippen molar-refractivity contribution in [1.82, 2.24) is 9.97 Å². The molecule has 0 aromatic carbocycles. The number of aromatic nitrogens is 2. The van der Waals surface area contributed by atoms with Crippen LogP contribution < -0.4 is 21.5 Å². The normalized spacial score (nSPS) is 9.67. The number of carbonyl (C=O) groups is 1. The Balaban J connectivity index is 2.64. The molecule has 0 saturated heterocycles. The van der Waals surface area contributed by atoms with Crippen LogP contribution in [0.2, 0.25) is 0 Å². The van der Waals surface area contributed by atoms with E-state index in [9.17, 15) is 4.79 Å². The molecule has 1 aromatic rings. The molecule has 1 rings (SSSR count). The van der Waals surface area contributed by atoms with Crippen LogP contribution in [0.1, 0.15) is 6.42 Å². The summed E-state index contributed by atoms with van der Waals surface area (Å²) in [4.78, 5) is 18.2. The van der Waals surface area contributed by atoms with E-state index in [1.54, 1.807) is 0 Å². The van der Waals surface area contributed by atoms with Gasteiger partial charge in [-0.25, -0.2) is 4.98 Å². The van der Waals surface area contributed by atoms with E-state index in [0.29, 0.717) is 23.9 Å². The Kier molecular flexibility index (Phi) is 3.67. The molecule has 15 heavy (non-hydrogen) atoms. The van der Waals surface area contributed by atoms with E-state index in [2.05, 4.69) is 15.3 Å². The standard InChI is InChI=1S/C8H13N5O2/c1-15-8-6(10)7(12-4-13-8)11-3-2-5(9)14/h4H,2-3,10H2,1H3,(H2,9,14)(H,11,12,13). The predicted molar refractivity (Wildman–Crippen MR) is 55.3 cm³/mol. The number of anilines is 2. The number of carbonyl (C=O) groups excluding carboxylic acids is 1. The average Bonchev–Trinajstić information content (AvgIpc) is 2.20. The number of nitrogen functional groups attached to an aromatic ring is 1. The summed E-state index contributed by atoms with van der Waals surface area (Å²) in [5.41, 5.74) is 11.0. The number of ether oxygens (including phenoxy) is 1. The highest BCUT2D eigenvalue weighted by Gasteiger charge is 2.07. The highest BCUT2D eigenvalue weighted by atomic mass is 16.5. The van der Waals surface area contributed by atoms with E-state index in [-0.39, 0.29) is 12.3 Å². The van der Waals surface area contributed by atoms with E-state index in [4.69, 9.17) is 16.2 Å². The molecule has 7 nitrogen and oxygen atoms in total.